The quantitative estimate of drug-likeness (QED) is 0.415. The second kappa shape index (κ2) is 8.88. The van der Waals surface area contributed by atoms with Crippen LogP contribution in [0.25, 0.3) is 11.3 Å². The van der Waals surface area contributed by atoms with Gasteiger partial charge in [-0.25, -0.2) is 10.2 Å². The molecule has 3 N–H and O–H groups in total. The van der Waals surface area contributed by atoms with Crippen LogP contribution >= 0.6 is 11.6 Å². The summed E-state index contributed by atoms with van der Waals surface area (Å²) in [4.78, 5) is 22.9. The van der Waals surface area contributed by atoms with Gasteiger partial charge in [0.2, 0.25) is 0 Å². The zero-order valence-electron chi connectivity index (χ0n) is 14.6. The Hall–Kier alpha value is -3.58. The lowest BCUT2D eigenvalue weighted by atomic mass is 10.1. The van der Waals surface area contributed by atoms with Crippen molar-refractivity contribution in [1.29, 1.82) is 0 Å². The zero-order chi connectivity index (χ0) is 19.9. The molecule has 3 aromatic rings. The molecule has 0 spiro atoms. The molecular formula is C20H16ClN3O4. The van der Waals surface area contributed by atoms with Crippen molar-refractivity contribution in [2.75, 3.05) is 11.9 Å². The summed E-state index contributed by atoms with van der Waals surface area (Å²) in [5.41, 5.74) is 3.96. The van der Waals surface area contributed by atoms with Crippen molar-refractivity contribution in [3.05, 3.63) is 77.0 Å². The fourth-order valence-electron chi connectivity index (χ4n) is 2.34. The number of furan rings is 1. The first-order valence-corrected chi connectivity index (χ1v) is 8.64. The maximum atomic E-state index is 11.8. The van der Waals surface area contributed by atoms with E-state index < -0.39 is 5.97 Å². The minimum absolute atomic E-state index is 0.0460. The number of amides is 1. The number of rotatable bonds is 7. The number of carbonyl (C=O) groups is 2. The van der Waals surface area contributed by atoms with Crippen molar-refractivity contribution in [2.45, 2.75) is 0 Å². The number of anilines is 1. The highest BCUT2D eigenvalue weighted by Gasteiger charge is 2.08. The van der Waals surface area contributed by atoms with Crippen LogP contribution in [0.4, 0.5) is 5.69 Å². The number of carboxylic acids is 1. The van der Waals surface area contributed by atoms with Crippen LogP contribution in [0.1, 0.15) is 16.1 Å². The maximum Gasteiger partial charge on any atom is 0.335 e. The van der Waals surface area contributed by atoms with Gasteiger partial charge in [0, 0.05) is 16.3 Å². The predicted molar refractivity (Wildman–Crippen MR) is 107 cm³/mol. The van der Waals surface area contributed by atoms with Crippen molar-refractivity contribution in [3.8, 4) is 11.3 Å². The number of nitrogens with zero attached hydrogens (tertiary/aromatic N) is 1. The van der Waals surface area contributed by atoms with Crippen LogP contribution in [-0.2, 0) is 4.79 Å². The zero-order valence-corrected chi connectivity index (χ0v) is 15.3. The number of hydrogen-bond acceptors (Lipinski definition) is 5. The molecule has 2 aromatic carbocycles. The summed E-state index contributed by atoms with van der Waals surface area (Å²) in [7, 11) is 0. The molecular weight excluding hydrogens is 382 g/mol. The van der Waals surface area contributed by atoms with Gasteiger partial charge >= 0.3 is 5.97 Å². The van der Waals surface area contributed by atoms with Gasteiger partial charge < -0.3 is 14.8 Å². The van der Waals surface area contributed by atoms with Gasteiger partial charge in [0.1, 0.15) is 11.5 Å². The Bertz CT molecular complexity index is 1010. The lowest BCUT2D eigenvalue weighted by Crippen LogP contribution is -2.25. The summed E-state index contributed by atoms with van der Waals surface area (Å²) in [6.45, 7) is 0.0460. The molecule has 1 heterocycles. The minimum atomic E-state index is -1.01. The molecule has 1 amide bonds. The van der Waals surface area contributed by atoms with E-state index in [-0.39, 0.29) is 18.0 Å². The summed E-state index contributed by atoms with van der Waals surface area (Å²) >= 11 is 5.80. The Morgan fingerprint density at radius 1 is 1.11 bits per heavy atom. The van der Waals surface area contributed by atoms with Crippen LogP contribution in [0.15, 0.2) is 70.2 Å². The van der Waals surface area contributed by atoms with E-state index in [9.17, 15) is 9.59 Å². The summed E-state index contributed by atoms with van der Waals surface area (Å²) in [6.07, 6.45) is 1.37. The lowest BCUT2D eigenvalue weighted by molar-refractivity contribution is -0.119. The highest BCUT2D eigenvalue weighted by molar-refractivity contribution is 6.30. The molecule has 7 nitrogen and oxygen atoms in total. The first-order valence-electron chi connectivity index (χ1n) is 8.26. The number of hydrogen-bond donors (Lipinski definition) is 3. The highest BCUT2D eigenvalue weighted by atomic mass is 35.5. The van der Waals surface area contributed by atoms with Gasteiger partial charge in [0.15, 0.2) is 0 Å². The van der Waals surface area contributed by atoms with Gasteiger partial charge in [-0.3, -0.25) is 4.79 Å². The molecule has 0 aliphatic heterocycles. The third kappa shape index (κ3) is 5.21. The fourth-order valence-corrected chi connectivity index (χ4v) is 2.47. The predicted octanol–water partition coefficient (Wildman–Crippen LogP) is 3.86. The number of halogens is 1. The van der Waals surface area contributed by atoms with E-state index in [1.807, 2.05) is 0 Å². The summed E-state index contributed by atoms with van der Waals surface area (Å²) in [6, 6.07) is 16.8. The molecule has 0 fully saturated rings. The van der Waals surface area contributed by atoms with Gasteiger partial charge in [-0.1, -0.05) is 23.7 Å². The van der Waals surface area contributed by atoms with Crippen molar-refractivity contribution < 1.29 is 19.1 Å². The number of aromatic carboxylic acids is 1. The van der Waals surface area contributed by atoms with Gasteiger partial charge in [0.25, 0.3) is 5.91 Å². The summed E-state index contributed by atoms with van der Waals surface area (Å²) in [5, 5.41) is 16.5. The molecule has 3 rings (SSSR count). The highest BCUT2D eigenvalue weighted by Crippen LogP contribution is 2.22. The first-order chi connectivity index (χ1) is 13.5. The molecule has 28 heavy (non-hydrogen) atoms. The van der Waals surface area contributed by atoms with Crippen molar-refractivity contribution >= 4 is 35.4 Å². The molecule has 0 aliphatic carbocycles. The van der Waals surface area contributed by atoms with Crippen molar-refractivity contribution in [3.63, 3.8) is 0 Å². The van der Waals surface area contributed by atoms with E-state index in [0.717, 1.165) is 5.69 Å². The lowest BCUT2D eigenvalue weighted by Gasteiger charge is -2.04. The summed E-state index contributed by atoms with van der Waals surface area (Å²) < 4.78 is 5.61. The minimum Gasteiger partial charge on any atom is -0.478 e. The van der Waals surface area contributed by atoms with Gasteiger partial charge in [-0.05, 0) is 48.5 Å². The van der Waals surface area contributed by atoms with Gasteiger partial charge in [0.05, 0.1) is 18.3 Å². The Kier molecular flexibility index (Phi) is 6.08. The van der Waals surface area contributed by atoms with Crippen LogP contribution in [0.5, 0.6) is 0 Å². The fraction of sp³-hybridized carbons (Fsp3) is 0.0500. The average Bonchev–Trinajstić information content (AvgIpc) is 3.16. The van der Waals surface area contributed by atoms with E-state index in [0.29, 0.717) is 22.1 Å². The van der Waals surface area contributed by atoms with Crippen LogP contribution in [0.3, 0.4) is 0 Å². The van der Waals surface area contributed by atoms with E-state index in [2.05, 4.69) is 15.8 Å². The first kappa shape index (κ1) is 19.2. The number of hydrazone groups is 1. The van der Waals surface area contributed by atoms with Gasteiger partial charge in [-0.2, -0.15) is 5.10 Å². The molecule has 0 aliphatic rings. The Labute approximate surface area is 165 Å². The molecule has 8 heteroatoms. The Balaban J connectivity index is 1.53. The normalized spacial score (nSPS) is 10.8. The number of carboxylic acid groups (broad SMARTS) is 1. The molecule has 0 saturated heterocycles. The van der Waals surface area contributed by atoms with Crippen LogP contribution in [-0.4, -0.2) is 29.7 Å². The van der Waals surface area contributed by atoms with E-state index in [1.54, 1.807) is 48.5 Å². The molecule has 0 radical (unpaired) electrons. The van der Waals surface area contributed by atoms with Gasteiger partial charge in [-0.15, -0.1) is 0 Å². The smallest absolute Gasteiger partial charge is 0.335 e. The van der Waals surface area contributed by atoms with Crippen LogP contribution in [0.2, 0.25) is 5.02 Å². The van der Waals surface area contributed by atoms with Crippen molar-refractivity contribution in [1.82, 2.24) is 5.43 Å². The van der Waals surface area contributed by atoms with E-state index in [4.69, 9.17) is 21.1 Å². The molecule has 0 atom stereocenters. The number of benzene rings is 2. The Morgan fingerprint density at radius 3 is 2.64 bits per heavy atom. The summed E-state index contributed by atoms with van der Waals surface area (Å²) in [5.74, 6) is -0.417. The largest absolute Gasteiger partial charge is 0.478 e. The van der Waals surface area contributed by atoms with E-state index >= 15 is 0 Å². The monoisotopic (exact) mass is 397 g/mol. The third-order valence-corrected chi connectivity index (χ3v) is 3.95. The Morgan fingerprint density at radius 2 is 1.89 bits per heavy atom. The third-order valence-electron chi connectivity index (χ3n) is 3.70. The molecule has 0 saturated carbocycles. The maximum absolute atomic E-state index is 11.8. The van der Waals surface area contributed by atoms with Crippen LogP contribution in [0, 0.1) is 0 Å². The standard InChI is InChI=1S/C20H16ClN3O4/c21-15-4-6-16(7-5-15)22-12-19(25)24-23-11-17-8-9-18(28-17)13-2-1-3-14(10-13)20(26)27/h1-11,22H,12H2,(H,24,25)(H,26,27)/b23-11-. The number of nitrogens with one attached hydrogen (secondary N) is 2. The molecule has 0 unspecified atom stereocenters. The molecule has 1 aromatic heterocycles. The second-order valence-corrected chi connectivity index (χ2v) is 6.18. The molecule has 0 bridgehead atoms. The molecule has 142 valence electrons. The van der Waals surface area contributed by atoms with Crippen molar-refractivity contribution in [2.24, 2.45) is 5.10 Å². The average molecular weight is 398 g/mol. The van der Waals surface area contributed by atoms with Crippen LogP contribution < -0.4 is 10.7 Å². The topological polar surface area (TPSA) is 104 Å². The number of carbonyl (C=O) groups excluding carboxylic acids is 1. The van der Waals surface area contributed by atoms with E-state index in [1.165, 1.54) is 18.3 Å². The SMILES string of the molecule is O=C(CNc1ccc(Cl)cc1)N/N=C\c1ccc(-c2cccc(C(=O)O)c2)o1. The second-order valence-electron chi connectivity index (χ2n) is 5.74.